The van der Waals surface area contributed by atoms with Gasteiger partial charge in [-0.1, -0.05) is 24.3 Å². The van der Waals surface area contributed by atoms with Gasteiger partial charge >= 0.3 is 0 Å². The molecular weight excluding hydrogens is 238 g/mol. The Morgan fingerprint density at radius 1 is 1.00 bits per heavy atom. The van der Waals surface area contributed by atoms with Crippen molar-refractivity contribution >= 4 is 5.82 Å². The first-order chi connectivity index (χ1) is 9.36. The Balaban J connectivity index is 1.80. The number of hydrogen-bond acceptors (Lipinski definition) is 4. The number of hydrogen-bond donors (Lipinski definition) is 1. The molecule has 0 amide bonds. The molecule has 1 N–H and O–H groups in total. The van der Waals surface area contributed by atoms with Crippen LogP contribution in [0.4, 0.5) is 5.82 Å². The van der Waals surface area contributed by atoms with Crippen molar-refractivity contribution in [2.75, 3.05) is 18.0 Å². The zero-order valence-corrected chi connectivity index (χ0v) is 10.8. The van der Waals surface area contributed by atoms with E-state index in [1.165, 1.54) is 12.8 Å². The molecule has 1 saturated heterocycles. The molecule has 0 atom stereocenters. The van der Waals surface area contributed by atoms with Gasteiger partial charge in [0.2, 0.25) is 0 Å². The normalized spacial score (nSPS) is 14.9. The lowest BCUT2D eigenvalue weighted by atomic mass is 10.1. The van der Waals surface area contributed by atoms with Crippen LogP contribution in [0.3, 0.4) is 0 Å². The summed E-state index contributed by atoms with van der Waals surface area (Å²) in [5.74, 6) is 0.966. The van der Waals surface area contributed by atoms with Crippen LogP contribution in [-0.4, -0.2) is 28.2 Å². The summed E-state index contributed by atoms with van der Waals surface area (Å²) in [7, 11) is 0. The number of nitrogens with zero attached hydrogens (tertiary/aromatic N) is 3. The maximum atomic E-state index is 9.02. The molecule has 0 saturated carbocycles. The van der Waals surface area contributed by atoms with Crippen molar-refractivity contribution in [1.82, 2.24) is 9.97 Å². The first kappa shape index (κ1) is 12.1. The predicted octanol–water partition coefficient (Wildman–Crippen LogP) is 2.24. The van der Waals surface area contributed by atoms with Gasteiger partial charge in [0.25, 0.3) is 0 Å². The highest BCUT2D eigenvalue weighted by Crippen LogP contribution is 2.20. The molecule has 2 heterocycles. The van der Waals surface area contributed by atoms with Crippen molar-refractivity contribution in [3.8, 4) is 11.3 Å². The minimum absolute atomic E-state index is 0.0693. The summed E-state index contributed by atoms with van der Waals surface area (Å²) >= 11 is 0. The van der Waals surface area contributed by atoms with Gasteiger partial charge in [-0.25, -0.2) is 4.98 Å². The third-order valence-electron chi connectivity index (χ3n) is 3.50. The molecule has 1 aliphatic heterocycles. The number of anilines is 1. The van der Waals surface area contributed by atoms with E-state index in [1.54, 1.807) is 0 Å². The fourth-order valence-corrected chi connectivity index (χ4v) is 2.36. The Labute approximate surface area is 112 Å². The summed E-state index contributed by atoms with van der Waals surface area (Å²) in [6.07, 6.45) is 6.15. The molecule has 98 valence electrons. The second-order valence-electron chi connectivity index (χ2n) is 4.81. The molecule has 1 aromatic carbocycles. The van der Waals surface area contributed by atoms with Gasteiger partial charge in [-0.2, -0.15) is 0 Å². The van der Waals surface area contributed by atoms with Crippen LogP contribution in [-0.2, 0) is 6.61 Å². The molecule has 0 spiro atoms. The Morgan fingerprint density at radius 3 is 2.32 bits per heavy atom. The zero-order chi connectivity index (χ0) is 13.1. The van der Waals surface area contributed by atoms with E-state index in [2.05, 4.69) is 14.9 Å². The van der Waals surface area contributed by atoms with Gasteiger partial charge in [0.1, 0.15) is 5.82 Å². The quantitative estimate of drug-likeness (QED) is 0.913. The number of aliphatic hydroxyl groups is 1. The van der Waals surface area contributed by atoms with E-state index >= 15 is 0 Å². The first-order valence-electron chi connectivity index (χ1n) is 6.64. The smallest absolute Gasteiger partial charge is 0.147 e. The summed E-state index contributed by atoms with van der Waals surface area (Å²) in [5, 5.41) is 9.02. The third-order valence-corrected chi connectivity index (χ3v) is 3.50. The Morgan fingerprint density at radius 2 is 1.74 bits per heavy atom. The van der Waals surface area contributed by atoms with Crippen LogP contribution >= 0.6 is 0 Å². The van der Waals surface area contributed by atoms with E-state index in [9.17, 15) is 0 Å². The van der Waals surface area contributed by atoms with Crippen LogP contribution in [0, 0.1) is 0 Å². The van der Waals surface area contributed by atoms with Gasteiger partial charge in [0.15, 0.2) is 0 Å². The molecular formula is C15H17N3O. The average molecular weight is 255 g/mol. The van der Waals surface area contributed by atoms with Crippen molar-refractivity contribution in [2.24, 2.45) is 0 Å². The van der Waals surface area contributed by atoms with Crippen molar-refractivity contribution in [3.63, 3.8) is 0 Å². The molecule has 1 fully saturated rings. The minimum atomic E-state index is 0.0693. The van der Waals surface area contributed by atoms with E-state index in [4.69, 9.17) is 5.11 Å². The zero-order valence-electron chi connectivity index (χ0n) is 10.8. The van der Waals surface area contributed by atoms with Crippen LogP contribution in [0.2, 0.25) is 0 Å². The fourth-order valence-electron chi connectivity index (χ4n) is 2.36. The molecule has 1 aromatic heterocycles. The fraction of sp³-hybridized carbons (Fsp3) is 0.333. The van der Waals surface area contributed by atoms with E-state index in [-0.39, 0.29) is 6.61 Å². The second kappa shape index (κ2) is 5.36. The molecule has 3 rings (SSSR count). The molecule has 0 bridgehead atoms. The van der Waals surface area contributed by atoms with Gasteiger partial charge in [0, 0.05) is 18.7 Å². The summed E-state index contributed by atoms with van der Waals surface area (Å²) in [5.41, 5.74) is 2.80. The Bertz CT molecular complexity index is 530. The molecule has 1 aliphatic rings. The number of rotatable bonds is 3. The van der Waals surface area contributed by atoms with Gasteiger partial charge in [-0.3, -0.25) is 4.98 Å². The molecule has 0 aliphatic carbocycles. The van der Waals surface area contributed by atoms with E-state index in [0.29, 0.717) is 0 Å². The molecule has 4 nitrogen and oxygen atoms in total. The number of aromatic nitrogens is 2. The monoisotopic (exact) mass is 255 g/mol. The molecule has 4 heteroatoms. The summed E-state index contributed by atoms with van der Waals surface area (Å²) < 4.78 is 0. The van der Waals surface area contributed by atoms with Crippen LogP contribution < -0.4 is 4.90 Å². The van der Waals surface area contributed by atoms with Crippen molar-refractivity contribution in [1.29, 1.82) is 0 Å². The van der Waals surface area contributed by atoms with Crippen molar-refractivity contribution < 1.29 is 5.11 Å². The highest BCUT2D eigenvalue weighted by molar-refractivity contribution is 5.59. The van der Waals surface area contributed by atoms with E-state index in [0.717, 1.165) is 35.7 Å². The molecule has 2 aromatic rings. The first-order valence-corrected chi connectivity index (χ1v) is 6.64. The summed E-state index contributed by atoms with van der Waals surface area (Å²) in [6.45, 7) is 2.23. The van der Waals surface area contributed by atoms with Crippen LogP contribution in [0.5, 0.6) is 0 Å². The molecule has 0 radical (unpaired) electrons. The van der Waals surface area contributed by atoms with Crippen molar-refractivity contribution in [3.05, 3.63) is 42.2 Å². The van der Waals surface area contributed by atoms with E-state index < -0.39 is 0 Å². The molecule has 19 heavy (non-hydrogen) atoms. The van der Waals surface area contributed by atoms with Crippen LogP contribution in [0.1, 0.15) is 18.4 Å². The van der Waals surface area contributed by atoms with E-state index in [1.807, 2.05) is 36.7 Å². The lowest BCUT2D eigenvalue weighted by molar-refractivity contribution is 0.282. The highest BCUT2D eigenvalue weighted by atomic mass is 16.3. The maximum absolute atomic E-state index is 9.02. The predicted molar refractivity (Wildman–Crippen MR) is 74.8 cm³/mol. The summed E-state index contributed by atoms with van der Waals surface area (Å²) in [6, 6.07) is 7.74. The number of aliphatic hydroxyl groups excluding tert-OH is 1. The van der Waals surface area contributed by atoms with Gasteiger partial charge in [-0.15, -0.1) is 0 Å². The lowest BCUT2D eigenvalue weighted by Crippen LogP contribution is -2.19. The van der Waals surface area contributed by atoms with Gasteiger partial charge in [0.05, 0.1) is 24.7 Å². The lowest BCUT2D eigenvalue weighted by Gasteiger charge is -2.15. The second-order valence-corrected chi connectivity index (χ2v) is 4.81. The maximum Gasteiger partial charge on any atom is 0.147 e. The van der Waals surface area contributed by atoms with Gasteiger partial charge in [-0.05, 0) is 18.4 Å². The standard InChI is InChI=1S/C15H17N3O/c19-11-12-3-5-13(6-4-12)14-9-17-15(10-16-14)18-7-1-2-8-18/h3-6,9-10,19H,1-2,7-8,11H2. The third kappa shape index (κ3) is 2.58. The molecule has 0 unspecified atom stereocenters. The summed E-state index contributed by atoms with van der Waals surface area (Å²) in [4.78, 5) is 11.2. The largest absolute Gasteiger partial charge is 0.392 e. The Kier molecular flexibility index (Phi) is 3.42. The number of benzene rings is 1. The SMILES string of the molecule is OCc1ccc(-c2cnc(N3CCCC3)cn2)cc1. The van der Waals surface area contributed by atoms with Crippen molar-refractivity contribution in [2.45, 2.75) is 19.4 Å². The minimum Gasteiger partial charge on any atom is -0.392 e. The topological polar surface area (TPSA) is 49.3 Å². The van der Waals surface area contributed by atoms with Crippen LogP contribution in [0.25, 0.3) is 11.3 Å². The average Bonchev–Trinajstić information content (AvgIpc) is 3.02. The Hall–Kier alpha value is -1.94. The van der Waals surface area contributed by atoms with Crippen LogP contribution in [0.15, 0.2) is 36.7 Å². The highest BCUT2D eigenvalue weighted by Gasteiger charge is 2.13. The van der Waals surface area contributed by atoms with Gasteiger partial charge < -0.3 is 10.0 Å².